The number of hydrogen-bond acceptors (Lipinski definition) is 4. The van der Waals surface area contributed by atoms with Gasteiger partial charge in [-0.15, -0.1) is 0 Å². The van der Waals surface area contributed by atoms with Crippen LogP contribution in [0.3, 0.4) is 0 Å². The average Bonchev–Trinajstić information content (AvgIpc) is 2.92. The number of aromatic nitrogens is 4. The van der Waals surface area contributed by atoms with E-state index in [0.717, 1.165) is 12.1 Å². The van der Waals surface area contributed by atoms with E-state index in [2.05, 4.69) is 10.1 Å². The van der Waals surface area contributed by atoms with Gasteiger partial charge in [-0.1, -0.05) is 12.1 Å². The minimum atomic E-state index is -4.44. The summed E-state index contributed by atoms with van der Waals surface area (Å²) in [5, 5.41) is 13.5. The number of aliphatic hydroxyl groups excluding tert-OH is 1. The summed E-state index contributed by atoms with van der Waals surface area (Å²) in [4.78, 5) is 28.0. The van der Waals surface area contributed by atoms with Crippen molar-refractivity contribution in [3.05, 3.63) is 61.9 Å². The third kappa shape index (κ3) is 2.95. The first kappa shape index (κ1) is 17.0. The summed E-state index contributed by atoms with van der Waals surface area (Å²) in [5.41, 5.74) is -1.59. The Morgan fingerprint density at radius 1 is 1.20 bits per heavy atom. The molecule has 3 rings (SSSR count). The van der Waals surface area contributed by atoms with E-state index >= 15 is 0 Å². The number of aromatic amines is 2. The van der Waals surface area contributed by atoms with Crippen LogP contribution in [0.5, 0.6) is 0 Å². The topological polar surface area (TPSA) is 104 Å². The summed E-state index contributed by atoms with van der Waals surface area (Å²) >= 11 is 0. The van der Waals surface area contributed by atoms with Crippen LogP contribution < -0.4 is 11.2 Å². The Balaban J connectivity index is 2.13. The predicted molar refractivity (Wildman–Crippen MR) is 82.2 cm³/mol. The van der Waals surface area contributed by atoms with E-state index in [1.807, 2.05) is 4.98 Å². The molecule has 0 spiro atoms. The number of aliphatic hydroxyl groups is 1. The molecule has 7 nitrogen and oxygen atoms in total. The third-order valence-corrected chi connectivity index (χ3v) is 3.91. The van der Waals surface area contributed by atoms with Crippen LogP contribution in [-0.2, 0) is 12.8 Å². The maximum Gasteiger partial charge on any atom is 0.416 e. The molecule has 0 fully saturated rings. The van der Waals surface area contributed by atoms with Crippen molar-refractivity contribution in [1.82, 2.24) is 19.7 Å². The molecule has 0 saturated heterocycles. The van der Waals surface area contributed by atoms with Crippen molar-refractivity contribution >= 4 is 11.0 Å². The van der Waals surface area contributed by atoms with Gasteiger partial charge >= 0.3 is 11.9 Å². The van der Waals surface area contributed by atoms with Gasteiger partial charge in [-0.3, -0.25) is 14.8 Å². The second-order valence-corrected chi connectivity index (χ2v) is 5.48. The van der Waals surface area contributed by atoms with Gasteiger partial charge in [-0.2, -0.15) is 18.3 Å². The fourth-order valence-electron chi connectivity index (χ4n) is 2.63. The van der Waals surface area contributed by atoms with Crippen molar-refractivity contribution in [2.45, 2.75) is 25.7 Å². The van der Waals surface area contributed by atoms with Gasteiger partial charge in [0, 0.05) is 0 Å². The molecule has 0 bridgehead atoms. The van der Waals surface area contributed by atoms with Crippen LogP contribution in [0.15, 0.2) is 33.9 Å². The summed E-state index contributed by atoms with van der Waals surface area (Å²) in [7, 11) is 0. The molecule has 0 saturated carbocycles. The molecule has 0 aliphatic rings. The Morgan fingerprint density at radius 2 is 1.84 bits per heavy atom. The van der Waals surface area contributed by atoms with Crippen molar-refractivity contribution in [3.63, 3.8) is 0 Å². The molecule has 3 aromatic rings. The minimum absolute atomic E-state index is 0.0286. The molecule has 25 heavy (non-hydrogen) atoms. The number of fused-ring (bicyclic) bond motifs is 1. The summed E-state index contributed by atoms with van der Waals surface area (Å²) in [6, 6.07) is 3.90. The van der Waals surface area contributed by atoms with Gasteiger partial charge in [-0.25, -0.2) is 9.48 Å². The second-order valence-electron chi connectivity index (χ2n) is 5.48. The molecule has 0 unspecified atom stereocenters. The van der Waals surface area contributed by atoms with Gasteiger partial charge in [0.25, 0.3) is 5.56 Å². The maximum atomic E-state index is 12.7. The van der Waals surface area contributed by atoms with E-state index in [1.165, 1.54) is 16.8 Å². The first-order valence-electron chi connectivity index (χ1n) is 7.24. The Labute approximate surface area is 137 Å². The zero-order valence-corrected chi connectivity index (χ0v) is 12.9. The Morgan fingerprint density at radius 3 is 2.40 bits per heavy atom. The SMILES string of the molecule is C[C@H](c1ccc(C(F)(F)F)cc1)n1nc(CO)c2c(=O)[nH]c(=O)[nH]c21. The number of nitrogens with one attached hydrogen (secondary N) is 2. The molecule has 0 amide bonds. The molecular weight excluding hydrogens is 341 g/mol. The summed E-state index contributed by atoms with van der Waals surface area (Å²) in [5.74, 6) is 0. The first-order chi connectivity index (χ1) is 11.7. The normalized spacial score (nSPS) is 13.3. The van der Waals surface area contributed by atoms with E-state index in [9.17, 15) is 27.9 Å². The van der Waals surface area contributed by atoms with Crippen molar-refractivity contribution in [3.8, 4) is 0 Å². The minimum Gasteiger partial charge on any atom is -0.390 e. The van der Waals surface area contributed by atoms with Gasteiger partial charge in [0.05, 0.1) is 18.2 Å². The van der Waals surface area contributed by atoms with Crippen molar-refractivity contribution in [1.29, 1.82) is 0 Å². The highest BCUT2D eigenvalue weighted by Crippen LogP contribution is 2.30. The molecule has 0 aliphatic carbocycles. The number of hydrogen-bond donors (Lipinski definition) is 3. The van der Waals surface area contributed by atoms with Gasteiger partial charge < -0.3 is 5.11 Å². The molecule has 0 aliphatic heterocycles. The highest BCUT2D eigenvalue weighted by Gasteiger charge is 2.30. The molecule has 0 radical (unpaired) electrons. The Hall–Kier alpha value is -2.88. The molecular formula is C15H13F3N4O3. The van der Waals surface area contributed by atoms with Crippen molar-refractivity contribution in [2.75, 3.05) is 0 Å². The lowest BCUT2D eigenvalue weighted by molar-refractivity contribution is -0.137. The van der Waals surface area contributed by atoms with Crippen LogP contribution in [0.2, 0.25) is 0 Å². The molecule has 1 atom stereocenters. The first-order valence-corrected chi connectivity index (χ1v) is 7.24. The highest BCUT2D eigenvalue weighted by atomic mass is 19.4. The predicted octanol–water partition coefficient (Wildman–Crippen LogP) is 1.53. The van der Waals surface area contributed by atoms with Gasteiger partial charge in [0.2, 0.25) is 0 Å². The number of alkyl halides is 3. The lowest BCUT2D eigenvalue weighted by atomic mass is 10.1. The Kier molecular flexibility index (Phi) is 3.99. The summed E-state index contributed by atoms with van der Waals surface area (Å²) in [6.07, 6.45) is -4.44. The van der Waals surface area contributed by atoms with Gasteiger partial charge in [0.1, 0.15) is 16.7 Å². The number of halogens is 3. The number of H-pyrrole nitrogens is 2. The smallest absolute Gasteiger partial charge is 0.390 e. The molecule has 132 valence electrons. The van der Waals surface area contributed by atoms with E-state index in [0.29, 0.717) is 5.56 Å². The number of benzene rings is 1. The largest absolute Gasteiger partial charge is 0.416 e. The molecule has 3 N–H and O–H groups in total. The zero-order valence-electron chi connectivity index (χ0n) is 12.9. The van der Waals surface area contributed by atoms with Crippen LogP contribution >= 0.6 is 0 Å². The van der Waals surface area contributed by atoms with Crippen LogP contribution in [0.4, 0.5) is 13.2 Å². The summed E-state index contributed by atoms with van der Waals surface area (Å²) < 4.78 is 39.3. The lowest BCUT2D eigenvalue weighted by Gasteiger charge is -2.15. The third-order valence-electron chi connectivity index (χ3n) is 3.91. The van der Waals surface area contributed by atoms with Gasteiger partial charge in [0.15, 0.2) is 0 Å². The van der Waals surface area contributed by atoms with Crippen molar-refractivity contribution in [2.24, 2.45) is 0 Å². The van der Waals surface area contributed by atoms with Gasteiger partial charge in [-0.05, 0) is 24.6 Å². The van der Waals surface area contributed by atoms with Crippen LogP contribution in [-0.4, -0.2) is 24.9 Å². The second kappa shape index (κ2) is 5.88. The van der Waals surface area contributed by atoms with E-state index in [4.69, 9.17) is 0 Å². The van der Waals surface area contributed by atoms with Crippen LogP contribution in [0.1, 0.15) is 29.8 Å². The molecule has 10 heteroatoms. The lowest BCUT2D eigenvalue weighted by Crippen LogP contribution is -2.23. The quantitative estimate of drug-likeness (QED) is 0.664. The number of nitrogens with zero attached hydrogens (tertiary/aromatic N) is 2. The molecule has 2 aromatic heterocycles. The average molecular weight is 354 g/mol. The monoisotopic (exact) mass is 354 g/mol. The standard InChI is InChI=1S/C15H13F3N4O3/c1-7(8-2-4-9(5-3-8)15(16,17)18)22-12-11(10(6-23)21-22)13(24)20-14(25)19-12/h2-5,7,23H,6H2,1H3,(H2,19,20,24,25)/t7-/m1/s1. The van der Waals surface area contributed by atoms with E-state index in [-0.39, 0.29) is 16.7 Å². The molecule has 2 heterocycles. The zero-order chi connectivity index (χ0) is 18.4. The number of rotatable bonds is 3. The maximum absolute atomic E-state index is 12.7. The summed E-state index contributed by atoms with van der Waals surface area (Å²) in [6.45, 7) is 1.12. The molecule has 1 aromatic carbocycles. The van der Waals surface area contributed by atoms with Crippen molar-refractivity contribution < 1.29 is 18.3 Å². The fourth-order valence-corrected chi connectivity index (χ4v) is 2.63. The fraction of sp³-hybridized carbons (Fsp3) is 0.267. The van der Waals surface area contributed by atoms with Crippen LogP contribution in [0.25, 0.3) is 11.0 Å². The van der Waals surface area contributed by atoms with E-state index in [1.54, 1.807) is 6.92 Å². The van der Waals surface area contributed by atoms with Crippen LogP contribution in [0, 0.1) is 0 Å². The highest BCUT2D eigenvalue weighted by molar-refractivity contribution is 5.77. The van der Waals surface area contributed by atoms with E-state index < -0.39 is 35.6 Å². The Bertz CT molecular complexity index is 1030.